The van der Waals surface area contributed by atoms with Crippen molar-refractivity contribution in [2.45, 2.75) is 26.7 Å². The zero-order chi connectivity index (χ0) is 14.5. The van der Waals surface area contributed by atoms with Crippen LogP contribution in [0.1, 0.15) is 37.0 Å². The number of esters is 1. The molecule has 0 saturated carbocycles. The van der Waals surface area contributed by atoms with Gasteiger partial charge in [-0.1, -0.05) is 13.3 Å². The summed E-state index contributed by atoms with van der Waals surface area (Å²) >= 11 is 0. The molecule has 108 valence electrons. The number of nitrogens with zero attached hydrogens (tertiary/aromatic N) is 2. The number of rotatable bonds is 7. The van der Waals surface area contributed by atoms with E-state index in [2.05, 4.69) is 9.82 Å². The highest BCUT2D eigenvalue weighted by Gasteiger charge is 2.21. The summed E-state index contributed by atoms with van der Waals surface area (Å²) < 4.78 is 32.2. The van der Waals surface area contributed by atoms with Gasteiger partial charge in [-0.25, -0.2) is 13.2 Å². The van der Waals surface area contributed by atoms with Crippen LogP contribution < -0.4 is 4.72 Å². The van der Waals surface area contributed by atoms with Crippen LogP contribution in [-0.2, 0) is 21.8 Å². The highest BCUT2D eigenvalue weighted by Crippen LogP contribution is 2.17. The molecule has 0 atom stereocenters. The van der Waals surface area contributed by atoms with E-state index in [-0.39, 0.29) is 23.7 Å². The molecule has 1 aromatic heterocycles. The van der Waals surface area contributed by atoms with E-state index in [1.165, 1.54) is 10.9 Å². The average molecular weight is 289 g/mol. The van der Waals surface area contributed by atoms with Crippen molar-refractivity contribution < 1.29 is 17.9 Å². The van der Waals surface area contributed by atoms with Crippen molar-refractivity contribution in [3.8, 4) is 0 Å². The summed E-state index contributed by atoms with van der Waals surface area (Å²) in [5.74, 6) is -0.449. The molecule has 1 N–H and O–H groups in total. The molecular formula is C11H19N3O4S. The second-order valence-corrected chi connectivity index (χ2v) is 5.87. The van der Waals surface area contributed by atoms with Gasteiger partial charge in [0.2, 0.25) is 10.0 Å². The largest absolute Gasteiger partial charge is 0.462 e. The third kappa shape index (κ3) is 4.23. The summed E-state index contributed by atoms with van der Waals surface area (Å²) in [5.41, 5.74) is 0.115. The van der Waals surface area contributed by atoms with Crippen molar-refractivity contribution in [2.24, 2.45) is 7.05 Å². The van der Waals surface area contributed by atoms with Gasteiger partial charge in [-0.15, -0.1) is 0 Å². The first-order valence-corrected chi connectivity index (χ1v) is 7.76. The summed E-state index contributed by atoms with van der Waals surface area (Å²) in [6, 6.07) is 0. The molecule has 7 nitrogen and oxygen atoms in total. The second kappa shape index (κ2) is 6.55. The van der Waals surface area contributed by atoms with E-state index >= 15 is 0 Å². The number of aromatic nitrogens is 2. The molecule has 19 heavy (non-hydrogen) atoms. The van der Waals surface area contributed by atoms with Crippen LogP contribution in [0, 0.1) is 0 Å². The smallest absolute Gasteiger partial charge is 0.343 e. The molecule has 1 aromatic rings. The Labute approximate surface area is 113 Å². The first kappa shape index (κ1) is 15.5. The molecule has 0 aromatic carbocycles. The van der Waals surface area contributed by atoms with Crippen LogP contribution in [0.2, 0.25) is 0 Å². The Bertz CT molecular complexity index is 536. The Hall–Kier alpha value is -1.57. The lowest BCUT2D eigenvalue weighted by atomic mass is 10.3. The van der Waals surface area contributed by atoms with E-state index < -0.39 is 16.0 Å². The van der Waals surface area contributed by atoms with Crippen LogP contribution >= 0.6 is 0 Å². The van der Waals surface area contributed by atoms with Crippen molar-refractivity contribution in [3.05, 3.63) is 11.8 Å². The fraction of sp³-hybridized carbons (Fsp3) is 0.636. The van der Waals surface area contributed by atoms with E-state index in [0.717, 1.165) is 6.42 Å². The molecule has 0 bridgehead atoms. The topological polar surface area (TPSA) is 90.3 Å². The third-order valence-electron chi connectivity index (χ3n) is 2.45. The first-order chi connectivity index (χ1) is 8.91. The predicted octanol–water partition coefficient (Wildman–Crippen LogP) is 1.14. The number of sulfonamides is 1. The van der Waals surface area contributed by atoms with Gasteiger partial charge in [0.15, 0.2) is 5.82 Å². The third-order valence-corrected chi connectivity index (χ3v) is 3.78. The van der Waals surface area contributed by atoms with E-state index in [9.17, 15) is 13.2 Å². The number of aryl methyl sites for hydroxylation is 1. The van der Waals surface area contributed by atoms with Crippen molar-refractivity contribution in [1.82, 2.24) is 9.78 Å². The maximum absolute atomic E-state index is 11.8. The van der Waals surface area contributed by atoms with E-state index in [1.54, 1.807) is 14.0 Å². The van der Waals surface area contributed by atoms with E-state index in [4.69, 9.17) is 4.74 Å². The summed E-state index contributed by atoms with van der Waals surface area (Å²) in [4.78, 5) is 11.7. The zero-order valence-electron chi connectivity index (χ0n) is 11.3. The van der Waals surface area contributed by atoms with Gasteiger partial charge < -0.3 is 4.74 Å². The van der Waals surface area contributed by atoms with Crippen LogP contribution in [0.25, 0.3) is 0 Å². The quantitative estimate of drug-likeness (QED) is 0.760. The van der Waals surface area contributed by atoms with Gasteiger partial charge in [0.05, 0.1) is 18.6 Å². The van der Waals surface area contributed by atoms with Gasteiger partial charge in [0.25, 0.3) is 0 Å². The highest BCUT2D eigenvalue weighted by atomic mass is 32.2. The number of carbonyl (C=O) groups is 1. The maximum atomic E-state index is 11.8. The summed E-state index contributed by atoms with van der Waals surface area (Å²) in [7, 11) is -1.92. The van der Waals surface area contributed by atoms with Gasteiger partial charge in [-0.05, 0) is 13.3 Å². The molecule has 0 aliphatic heterocycles. The molecule has 1 rings (SSSR count). The Morgan fingerprint density at radius 1 is 1.47 bits per heavy atom. The Morgan fingerprint density at radius 2 is 2.16 bits per heavy atom. The lowest BCUT2D eigenvalue weighted by Gasteiger charge is -2.09. The Morgan fingerprint density at radius 3 is 2.74 bits per heavy atom. The van der Waals surface area contributed by atoms with E-state index in [1.807, 2.05) is 6.92 Å². The van der Waals surface area contributed by atoms with Crippen molar-refractivity contribution >= 4 is 21.8 Å². The number of carbonyl (C=O) groups excluding carboxylic acids is 1. The number of unbranched alkanes of at least 4 members (excludes halogenated alkanes) is 1. The molecule has 0 unspecified atom stereocenters. The van der Waals surface area contributed by atoms with Gasteiger partial charge in [-0.3, -0.25) is 9.40 Å². The second-order valence-electron chi connectivity index (χ2n) is 4.03. The number of hydrogen-bond acceptors (Lipinski definition) is 5. The Balaban J connectivity index is 2.94. The summed E-state index contributed by atoms with van der Waals surface area (Å²) in [6.45, 7) is 3.80. The minimum Gasteiger partial charge on any atom is -0.462 e. The van der Waals surface area contributed by atoms with Gasteiger partial charge in [0.1, 0.15) is 5.56 Å². The maximum Gasteiger partial charge on any atom is 0.343 e. The van der Waals surface area contributed by atoms with Crippen LogP contribution in [0.5, 0.6) is 0 Å². The monoisotopic (exact) mass is 289 g/mol. The van der Waals surface area contributed by atoms with Crippen LogP contribution in [0.3, 0.4) is 0 Å². The number of nitrogens with one attached hydrogen (secondary N) is 1. The molecule has 0 aliphatic rings. The summed E-state index contributed by atoms with van der Waals surface area (Å²) in [5, 5.41) is 3.87. The molecule has 0 fully saturated rings. The Kier molecular flexibility index (Phi) is 5.34. The van der Waals surface area contributed by atoms with Crippen LogP contribution in [0.4, 0.5) is 5.82 Å². The number of ether oxygens (including phenoxy) is 1. The van der Waals surface area contributed by atoms with Crippen molar-refractivity contribution in [3.63, 3.8) is 0 Å². The van der Waals surface area contributed by atoms with Crippen LogP contribution in [0.15, 0.2) is 6.20 Å². The SMILES string of the molecule is CCCCS(=O)(=O)Nc1c(C(=O)OCC)cnn1C. The first-order valence-electron chi connectivity index (χ1n) is 6.10. The van der Waals surface area contributed by atoms with E-state index in [0.29, 0.717) is 6.42 Å². The number of anilines is 1. The molecule has 0 aliphatic carbocycles. The molecule has 0 spiro atoms. The fourth-order valence-electron chi connectivity index (χ4n) is 1.45. The molecule has 0 amide bonds. The number of hydrogen-bond donors (Lipinski definition) is 1. The van der Waals surface area contributed by atoms with Crippen molar-refractivity contribution in [1.29, 1.82) is 0 Å². The minimum absolute atomic E-state index is 0.0109. The minimum atomic E-state index is -3.48. The zero-order valence-corrected chi connectivity index (χ0v) is 12.2. The average Bonchev–Trinajstić information content (AvgIpc) is 2.68. The normalized spacial score (nSPS) is 11.3. The standard InChI is InChI=1S/C11H19N3O4S/c1-4-6-7-19(16,17)13-10-9(8-12-14(10)3)11(15)18-5-2/h8,13H,4-7H2,1-3H3. The predicted molar refractivity (Wildman–Crippen MR) is 71.5 cm³/mol. The van der Waals surface area contributed by atoms with Crippen molar-refractivity contribution in [2.75, 3.05) is 17.1 Å². The molecule has 0 radical (unpaired) electrons. The van der Waals surface area contributed by atoms with Gasteiger partial charge in [-0.2, -0.15) is 5.10 Å². The molecule has 8 heteroatoms. The highest BCUT2D eigenvalue weighted by molar-refractivity contribution is 7.92. The summed E-state index contributed by atoms with van der Waals surface area (Å²) in [6.07, 6.45) is 2.62. The molecule has 0 saturated heterocycles. The fourth-order valence-corrected chi connectivity index (χ4v) is 2.76. The lowest BCUT2D eigenvalue weighted by Crippen LogP contribution is -2.20. The van der Waals surface area contributed by atoms with Gasteiger partial charge in [0, 0.05) is 7.05 Å². The van der Waals surface area contributed by atoms with Crippen LogP contribution in [-0.4, -0.2) is 36.5 Å². The van der Waals surface area contributed by atoms with Gasteiger partial charge >= 0.3 is 5.97 Å². The molecule has 1 heterocycles. The molecular weight excluding hydrogens is 270 g/mol. The lowest BCUT2D eigenvalue weighted by molar-refractivity contribution is 0.0527.